The number of carbonyl (C=O) groups is 1. The number of urea groups is 1. The average molecular weight is 472 g/mol. The normalized spacial score (nSPS) is 17.1. The van der Waals surface area contributed by atoms with Crippen LogP contribution >= 0.6 is 22.9 Å². The van der Waals surface area contributed by atoms with E-state index in [2.05, 4.69) is 35.1 Å². The number of hydrogen-bond donors (Lipinski definition) is 1. The molecular weight excluding hydrogens is 446 g/mol. The van der Waals surface area contributed by atoms with Crippen molar-refractivity contribution in [3.63, 3.8) is 0 Å². The molecule has 0 bridgehead atoms. The Morgan fingerprint density at radius 2 is 1.94 bits per heavy atom. The van der Waals surface area contributed by atoms with Crippen molar-refractivity contribution in [1.82, 2.24) is 9.47 Å². The first-order chi connectivity index (χ1) is 15.5. The van der Waals surface area contributed by atoms with Crippen LogP contribution in [0.4, 0.5) is 10.5 Å². The average Bonchev–Trinajstić information content (AvgIpc) is 3.39. The van der Waals surface area contributed by atoms with E-state index in [1.807, 2.05) is 16.2 Å². The van der Waals surface area contributed by atoms with Crippen molar-refractivity contribution in [2.45, 2.75) is 45.2 Å². The molecule has 2 aliphatic rings. The second kappa shape index (κ2) is 8.37. The first-order valence-corrected chi connectivity index (χ1v) is 12.0. The Morgan fingerprint density at radius 3 is 2.72 bits per heavy atom. The molecule has 0 unspecified atom stereocenters. The van der Waals surface area contributed by atoms with Gasteiger partial charge in [0.2, 0.25) is 0 Å². The maximum atomic E-state index is 13.6. The molecule has 3 heterocycles. The first kappa shape index (κ1) is 21.2. The maximum Gasteiger partial charge on any atom is 0.322 e. The molecule has 168 valence electrons. The van der Waals surface area contributed by atoms with Crippen LogP contribution in [-0.2, 0) is 19.4 Å². The molecule has 0 saturated heterocycles. The zero-order valence-electron chi connectivity index (χ0n) is 18.4. The minimum absolute atomic E-state index is 0.0939. The number of nitrogens with one attached hydrogen (secondary N) is 1. The summed E-state index contributed by atoms with van der Waals surface area (Å²) >= 11 is 8.20. The molecule has 1 N–H and O–H groups in total. The maximum absolute atomic E-state index is 13.6. The standard InChI is InChI=1S/C24H26ClN3O3S/c1-14-19-8-6-10-27(19)23-16(15-7-4-5-9-22(15)32-23)13-28(14)24(29)26-18-11-17(25)20(30-2)12-21(18)31-3/h6,8,10-12,14H,4-5,7,9,13H2,1-3H3,(H,26,29)/t14-/m0/s1. The van der Waals surface area contributed by atoms with E-state index in [-0.39, 0.29) is 12.1 Å². The number of anilines is 1. The quantitative estimate of drug-likeness (QED) is 0.495. The molecule has 0 spiro atoms. The number of nitrogens with zero attached hydrogens (tertiary/aromatic N) is 2. The van der Waals surface area contributed by atoms with Crippen LogP contribution in [0.3, 0.4) is 0 Å². The molecule has 1 atom stereocenters. The van der Waals surface area contributed by atoms with Crippen LogP contribution in [0.1, 0.15) is 47.5 Å². The van der Waals surface area contributed by atoms with Gasteiger partial charge >= 0.3 is 6.03 Å². The molecule has 6 nitrogen and oxygen atoms in total. The molecule has 32 heavy (non-hydrogen) atoms. The third-order valence-corrected chi connectivity index (χ3v) is 8.09. The number of fused-ring (bicyclic) bond motifs is 5. The molecule has 3 aromatic rings. The number of amides is 2. The molecule has 1 aliphatic heterocycles. The van der Waals surface area contributed by atoms with E-state index < -0.39 is 0 Å². The number of aromatic nitrogens is 1. The summed E-state index contributed by atoms with van der Waals surface area (Å²) < 4.78 is 13.0. The van der Waals surface area contributed by atoms with Crippen LogP contribution in [0.25, 0.3) is 5.00 Å². The number of benzene rings is 1. The highest BCUT2D eigenvalue weighted by molar-refractivity contribution is 7.15. The van der Waals surface area contributed by atoms with Gasteiger partial charge in [0.25, 0.3) is 0 Å². The number of aryl methyl sites for hydroxylation is 1. The molecule has 0 radical (unpaired) electrons. The van der Waals surface area contributed by atoms with Gasteiger partial charge < -0.3 is 24.3 Å². The minimum Gasteiger partial charge on any atom is -0.495 e. The third kappa shape index (κ3) is 3.44. The van der Waals surface area contributed by atoms with Crippen LogP contribution in [-0.4, -0.2) is 29.7 Å². The van der Waals surface area contributed by atoms with Crippen LogP contribution in [0.2, 0.25) is 5.02 Å². The lowest BCUT2D eigenvalue weighted by atomic mass is 9.95. The highest BCUT2D eigenvalue weighted by Crippen LogP contribution is 2.43. The van der Waals surface area contributed by atoms with Crippen molar-refractivity contribution in [2.24, 2.45) is 0 Å². The Hall–Kier alpha value is -2.64. The zero-order valence-corrected chi connectivity index (χ0v) is 20.0. The molecule has 1 aliphatic carbocycles. The van der Waals surface area contributed by atoms with Crippen molar-refractivity contribution < 1.29 is 14.3 Å². The largest absolute Gasteiger partial charge is 0.495 e. The van der Waals surface area contributed by atoms with Crippen molar-refractivity contribution in [2.75, 3.05) is 19.5 Å². The molecular formula is C24H26ClN3O3S. The van der Waals surface area contributed by atoms with Gasteiger partial charge in [-0.2, -0.15) is 0 Å². The Kier molecular flexibility index (Phi) is 5.55. The van der Waals surface area contributed by atoms with E-state index in [9.17, 15) is 4.79 Å². The fourth-order valence-corrected chi connectivity index (χ4v) is 6.40. The number of thiophene rings is 1. The van der Waals surface area contributed by atoms with E-state index in [4.69, 9.17) is 21.1 Å². The van der Waals surface area contributed by atoms with E-state index in [0.29, 0.717) is 28.8 Å². The van der Waals surface area contributed by atoms with Gasteiger partial charge in [0.15, 0.2) is 0 Å². The van der Waals surface area contributed by atoms with Crippen LogP contribution < -0.4 is 14.8 Å². The second-order valence-corrected chi connectivity index (χ2v) is 9.71. The fraction of sp³-hybridized carbons (Fsp3) is 0.375. The summed E-state index contributed by atoms with van der Waals surface area (Å²) in [5.41, 5.74) is 4.34. The monoisotopic (exact) mass is 471 g/mol. The lowest BCUT2D eigenvalue weighted by Crippen LogP contribution is -2.36. The molecule has 8 heteroatoms. The van der Waals surface area contributed by atoms with E-state index in [1.54, 1.807) is 26.4 Å². The highest BCUT2D eigenvalue weighted by atomic mass is 35.5. The Labute approximate surface area is 196 Å². The smallest absolute Gasteiger partial charge is 0.322 e. The predicted molar refractivity (Wildman–Crippen MR) is 128 cm³/mol. The topological polar surface area (TPSA) is 55.7 Å². The zero-order chi connectivity index (χ0) is 22.4. The van der Waals surface area contributed by atoms with Gasteiger partial charge in [0.05, 0.1) is 37.5 Å². The van der Waals surface area contributed by atoms with Crippen LogP contribution in [0.5, 0.6) is 11.5 Å². The second-order valence-electron chi connectivity index (χ2n) is 8.22. The molecule has 2 amide bonds. The van der Waals surface area contributed by atoms with Gasteiger partial charge in [-0.3, -0.25) is 0 Å². The van der Waals surface area contributed by atoms with E-state index in [0.717, 1.165) is 18.5 Å². The van der Waals surface area contributed by atoms with Gasteiger partial charge in [-0.25, -0.2) is 4.79 Å². The molecule has 2 aromatic heterocycles. The summed E-state index contributed by atoms with van der Waals surface area (Å²) in [4.78, 5) is 16.9. The van der Waals surface area contributed by atoms with Crippen LogP contribution in [0.15, 0.2) is 30.5 Å². The Bertz CT molecular complexity index is 1190. The summed E-state index contributed by atoms with van der Waals surface area (Å²) in [5.74, 6) is 0.996. The molecule has 1 aromatic carbocycles. The van der Waals surface area contributed by atoms with Gasteiger partial charge in [-0.1, -0.05) is 11.6 Å². The summed E-state index contributed by atoms with van der Waals surface area (Å²) in [7, 11) is 3.11. The number of rotatable bonds is 3. The minimum atomic E-state index is -0.187. The molecule has 5 rings (SSSR count). The Morgan fingerprint density at radius 1 is 1.16 bits per heavy atom. The fourth-order valence-electron chi connectivity index (χ4n) is 4.75. The lowest BCUT2D eigenvalue weighted by molar-refractivity contribution is 0.189. The third-order valence-electron chi connectivity index (χ3n) is 6.46. The number of methoxy groups -OCH3 is 2. The molecule has 0 fully saturated rings. The SMILES string of the molecule is COc1cc(OC)c(NC(=O)N2Cc3c(sc4c3CCCC4)-n3cccc3[C@@H]2C)cc1Cl. The number of carbonyl (C=O) groups excluding carboxylic acids is 1. The highest BCUT2D eigenvalue weighted by Gasteiger charge is 2.33. The van der Waals surface area contributed by atoms with Gasteiger partial charge in [-0.05, 0) is 56.4 Å². The lowest BCUT2D eigenvalue weighted by Gasteiger charge is -2.28. The van der Waals surface area contributed by atoms with E-state index >= 15 is 0 Å². The van der Waals surface area contributed by atoms with Crippen molar-refractivity contribution in [3.8, 4) is 16.5 Å². The van der Waals surface area contributed by atoms with Crippen molar-refractivity contribution in [1.29, 1.82) is 0 Å². The van der Waals surface area contributed by atoms with E-state index in [1.165, 1.54) is 33.8 Å². The summed E-state index contributed by atoms with van der Waals surface area (Å²) in [6, 6.07) is 7.23. The van der Waals surface area contributed by atoms with Crippen molar-refractivity contribution >= 4 is 34.7 Å². The predicted octanol–water partition coefficient (Wildman–Crippen LogP) is 6.20. The summed E-state index contributed by atoms with van der Waals surface area (Å²) in [6.07, 6.45) is 6.78. The number of hydrogen-bond acceptors (Lipinski definition) is 4. The van der Waals surface area contributed by atoms with Crippen LogP contribution in [0, 0.1) is 0 Å². The van der Waals surface area contributed by atoms with Gasteiger partial charge in [-0.15, -0.1) is 11.3 Å². The van der Waals surface area contributed by atoms with Crippen molar-refractivity contribution in [3.05, 3.63) is 57.2 Å². The van der Waals surface area contributed by atoms with Gasteiger partial charge in [0.1, 0.15) is 16.5 Å². The van der Waals surface area contributed by atoms with Gasteiger partial charge in [0, 0.05) is 28.4 Å². The summed E-state index contributed by atoms with van der Waals surface area (Å²) in [5, 5.41) is 4.69. The number of halogens is 1. The summed E-state index contributed by atoms with van der Waals surface area (Å²) in [6.45, 7) is 2.65. The Balaban J connectivity index is 1.52. The first-order valence-electron chi connectivity index (χ1n) is 10.8. The molecule has 0 saturated carbocycles. The number of ether oxygens (including phenoxy) is 2.